The summed E-state index contributed by atoms with van der Waals surface area (Å²) in [5.41, 5.74) is 1.18. The number of rotatable bonds is 4. The third-order valence-electron chi connectivity index (χ3n) is 3.84. The summed E-state index contributed by atoms with van der Waals surface area (Å²) in [6, 6.07) is 5.37. The molecule has 1 aromatic heterocycles. The number of likely N-dealkylation sites (tertiary alicyclic amines) is 1. The van der Waals surface area contributed by atoms with E-state index in [2.05, 4.69) is 4.98 Å². The quantitative estimate of drug-likeness (QED) is 0.933. The summed E-state index contributed by atoms with van der Waals surface area (Å²) in [5, 5.41) is 11.6. The summed E-state index contributed by atoms with van der Waals surface area (Å²) in [6.07, 6.45) is 1.68. The Labute approximate surface area is 136 Å². The lowest BCUT2D eigenvalue weighted by Gasteiger charge is -2.20. The molecule has 1 aliphatic heterocycles. The number of carbonyl (C=O) groups excluding carboxylic acids is 1. The van der Waals surface area contributed by atoms with Crippen molar-refractivity contribution < 1.29 is 19.1 Å². The molecule has 1 fully saturated rings. The van der Waals surface area contributed by atoms with Gasteiger partial charge in [-0.2, -0.15) is 0 Å². The van der Waals surface area contributed by atoms with Crippen LogP contribution in [0.5, 0.6) is 0 Å². The molecule has 1 amide bonds. The van der Waals surface area contributed by atoms with Gasteiger partial charge in [0.2, 0.25) is 0 Å². The second kappa shape index (κ2) is 6.45. The molecule has 23 heavy (non-hydrogen) atoms. The van der Waals surface area contributed by atoms with Crippen LogP contribution in [0.3, 0.4) is 0 Å². The van der Waals surface area contributed by atoms with Crippen molar-refractivity contribution in [3.63, 3.8) is 0 Å². The maximum Gasteiger partial charge on any atom is 0.326 e. The average Bonchev–Trinajstić information content (AvgIpc) is 3.18. The van der Waals surface area contributed by atoms with Crippen LogP contribution < -0.4 is 0 Å². The van der Waals surface area contributed by atoms with Crippen LogP contribution in [-0.4, -0.2) is 39.5 Å². The van der Waals surface area contributed by atoms with Gasteiger partial charge in [0.15, 0.2) is 0 Å². The van der Waals surface area contributed by atoms with E-state index in [4.69, 9.17) is 5.11 Å². The third-order valence-corrected chi connectivity index (χ3v) is 4.69. The molecule has 1 unspecified atom stereocenters. The first-order valence-corrected chi connectivity index (χ1v) is 8.15. The lowest BCUT2D eigenvalue weighted by Crippen LogP contribution is -2.40. The summed E-state index contributed by atoms with van der Waals surface area (Å²) >= 11 is 1.35. The highest BCUT2D eigenvalue weighted by Crippen LogP contribution is 2.22. The highest BCUT2D eigenvalue weighted by atomic mass is 32.1. The van der Waals surface area contributed by atoms with E-state index in [0.29, 0.717) is 25.8 Å². The van der Waals surface area contributed by atoms with Gasteiger partial charge in [0, 0.05) is 18.3 Å². The Morgan fingerprint density at radius 1 is 1.35 bits per heavy atom. The fourth-order valence-electron chi connectivity index (χ4n) is 2.68. The first-order valence-electron chi connectivity index (χ1n) is 7.27. The number of nitrogens with zero attached hydrogens (tertiary/aromatic N) is 2. The summed E-state index contributed by atoms with van der Waals surface area (Å²) < 4.78 is 12.9. The van der Waals surface area contributed by atoms with Crippen LogP contribution in [-0.2, 0) is 11.2 Å². The molecule has 0 spiro atoms. The van der Waals surface area contributed by atoms with E-state index in [9.17, 15) is 14.0 Å². The Kier molecular flexibility index (Phi) is 4.38. The smallest absolute Gasteiger partial charge is 0.326 e. The average molecular weight is 334 g/mol. The maximum atomic E-state index is 12.9. The minimum Gasteiger partial charge on any atom is -0.480 e. The van der Waals surface area contributed by atoms with Crippen LogP contribution in [0.1, 0.15) is 33.9 Å². The lowest BCUT2D eigenvalue weighted by molar-refractivity contribution is -0.141. The van der Waals surface area contributed by atoms with E-state index in [1.54, 1.807) is 17.5 Å². The molecule has 1 atom stereocenters. The van der Waals surface area contributed by atoms with Crippen molar-refractivity contribution in [3.8, 4) is 0 Å². The van der Waals surface area contributed by atoms with E-state index >= 15 is 0 Å². The Bertz CT molecular complexity index is 729. The molecule has 1 aliphatic rings. The summed E-state index contributed by atoms with van der Waals surface area (Å²) in [4.78, 5) is 29.3. The number of halogens is 1. The van der Waals surface area contributed by atoms with E-state index in [0.717, 1.165) is 10.6 Å². The normalized spacial score (nSPS) is 17.4. The Hall–Kier alpha value is -2.28. The molecule has 2 aromatic rings. The molecule has 2 heterocycles. The van der Waals surface area contributed by atoms with Crippen LogP contribution in [0.2, 0.25) is 0 Å². The summed E-state index contributed by atoms with van der Waals surface area (Å²) in [7, 11) is 0. The number of benzene rings is 1. The van der Waals surface area contributed by atoms with Crippen LogP contribution in [0, 0.1) is 5.82 Å². The van der Waals surface area contributed by atoms with Gasteiger partial charge in [0.05, 0.1) is 5.01 Å². The molecule has 1 aromatic carbocycles. The molecule has 5 nitrogen and oxygen atoms in total. The van der Waals surface area contributed by atoms with Gasteiger partial charge in [0.25, 0.3) is 5.91 Å². The van der Waals surface area contributed by atoms with Gasteiger partial charge in [-0.05, 0) is 30.5 Å². The van der Waals surface area contributed by atoms with Crippen molar-refractivity contribution in [2.24, 2.45) is 0 Å². The standard InChI is InChI=1S/C16H15FN2O3S/c17-11-5-3-10(4-6-11)8-14-18-12(9-23-14)15(20)19-7-1-2-13(19)16(21)22/h3-6,9,13H,1-2,7-8H2,(H,21,22). The number of aliphatic carboxylic acids is 1. The van der Waals surface area contributed by atoms with Crippen molar-refractivity contribution in [1.29, 1.82) is 0 Å². The largest absolute Gasteiger partial charge is 0.480 e. The van der Waals surface area contributed by atoms with Gasteiger partial charge in [-0.15, -0.1) is 11.3 Å². The summed E-state index contributed by atoms with van der Waals surface area (Å²) in [5.74, 6) is -1.60. The van der Waals surface area contributed by atoms with Crippen LogP contribution in [0.25, 0.3) is 0 Å². The van der Waals surface area contributed by atoms with E-state index in [1.807, 2.05) is 0 Å². The topological polar surface area (TPSA) is 70.5 Å². The van der Waals surface area contributed by atoms with Gasteiger partial charge >= 0.3 is 5.97 Å². The minimum atomic E-state index is -0.974. The molecule has 120 valence electrons. The highest BCUT2D eigenvalue weighted by molar-refractivity contribution is 7.09. The number of carboxylic acid groups (broad SMARTS) is 1. The molecule has 0 aliphatic carbocycles. The molecule has 0 bridgehead atoms. The number of thiazole rings is 1. The van der Waals surface area contributed by atoms with Crippen LogP contribution in [0.4, 0.5) is 4.39 Å². The van der Waals surface area contributed by atoms with Crippen LogP contribution >= 0.6 is 11.3 Å². The zero-order valence-electron chi connectivity index (χ0n) is 12.2. The second-order valence-electron chi connectivity index (χ2n) is 5.42. The number of aromatic nitrogens is 1. The highest BCUT2D eigenvalue weighted by Gasteiger charge is 2.35. The number of amides is 1. The van der Waals surface area contributed by atoms with Gasteiger partial charge in [-0.1, -0.05) is 12.1 Å². The number of carboxylic acids is 1. The Morgan fingerprint density at radius 3 is 2.78 bits per heavy atom. The van der Waals surface area contributed by atoms with E-state index < -0.39 is 12.0 Å². The fraction of sp³-hybridized carbons (Fsp3) is 0.312. The molecule has 1 saturated heterocycles. The molecular weight excluding hydrogens is 319 g/mol. The van der Waals surface area contributed by atoms with Crippen molar-refractivity contribution >= 4 is 23.2 Å². The minimum absolute atomic E-state index is 0.278. The first-order chi connectivity index (χ1) is 11.0. The maximum absolute atomic E-state index is 12.9. The zero-order valence-corrected chi connectivity index (χ0v) is 13.1. The zero-order chi connectivity index (χ0) is 16.4. The predicted molar refractivity (Wildman–Crippen MR) is 83.0 cm³/mol. The van der Waals surface area contributed by atoms with Crippen molar-refractivity contribution in [2.45, 2.75) is 25.3 Å². The van der Waals surface area contributed by atoms with Crippen molar-refractivity contribution in [1.82, 2.24) is 9.88 Å². The Morgan fingerprint density at radius 2 is 2.09 bits per heavy atom. The van der Waals surface area contributed by atoms with Crippen molar-refractivity contribution in [3.05, 3.63) is 51.7 Å². The van der Waals surface area contributed by atoms with Crippen molar-refractivity contribution in [2.75, 3.05) is 6.54 Å². The van der Waals surface area contributed by atoms with Gasteiger partial charge in [-0.25, -0.2) is 14.2 Å². The summed E-state index contributed by atoms with van der Waals surface area (Å²) in [6.45, 7) is 0.445. The molecule has 7 heteroatoms. The van der Waals surface area contributed by atoms with Crippen LogP contribution in [0.15, 0.2) is 29.6 Å². The number of hydrogen-bond acceptors (Lipinski definition) is 4. The molecule has 0 radical (unpaired) electrons. The SMILES string of the molecule is O=C(O)C1CCCN1C(=O)c1csc(Cc2ccc(F)cc2)n1. The molecule has 3 rings (SSSR count). The van der Waals surface area contributed by atoms with Gasteiger partial charge in [0.1, 0.15) is 17.6 Å². The van der Waals surface area contributed by atoms with E-state index in [-0.39, 0.29) is 17.4 Å². The third kappa shape index (κ3) is 3.39. The van der Waals surface area contributed by atoms with Gasteiger partial charge in [-0.3, -0.25) is 4.79 Å². The Balaban J connectivity index is 1.72. The fourth-order valence-corrected chi connectivity index (χ4v) is 3.48. The van der Waals surface area contributed by atoms with Gasteiger partial charge < -0.3 is 10.0 Å². The monoisotopic (exact) mass is 334 g/mol. The first kappa shape index (κ1) is 15.6. The molecular formula is C16H15FN2O3S. The number of carbonyl (C=O) groups is 2. The lowest BCUT2D eigenvalue weighted by atomic mass is 10.1. The molecule has 0 saturated carbocycles. The molecule has 1 N–H and O–H groups in total. The second-order valence-corrected chi connectivity index (χ2v) is 6.37. The number of hydrogen-bond donors (Lipinski definition) is 1. The predicted octanol–water partition coefficient (Wildman–Crippen LogP) is 2.56. The van der Waals surface area contributed by atoms with E-state index in [1.165, 1.54) is 28.4 Å².